The minimum absolute atomic E-state index is 0.363. The Bertz CT molecular complexity index is 166. The standard InChI is InChI=1S/C11H19N/c1-9(2)6-10-4-3-5-11(7-10)8-12/h9-11H,3-7H2,1-2H3. The number of rotatable bonds is 2. The summed E-state index contributed by atoms with van der Waals surface area (Å²) in [4.78, 5) is 0. The van der Waals surface area contributed by atoms with E-state index in [0.717, 1.165) is 24.7 Å². The highest BCUT2D eigenvalue weighted by Crippen LogP contribution is 2.32. The van der Waals surface area contributed by atoms with Crippen LogP contribution in [0.15, 0.2) is 0 Å². The molecule has 1 nitrogen and oxygen atoms in total. The monoisotopic (exact) mass is 165 g/mol. The second-order valence-corrected chi connectivity index (χ2v) is 4.49. The van der Waals surface area contributed by atoms with Crippen molar-refractivity contribution in [3.05, 3.63) is 0 Å². The third-order valence-electron chi connectivity index (χ3n) is 2.77. The average Bonchev–Trinajstić information content (AvgIpc) is 2.03. The van der Waals surface area contributed by atoms with Gasteiger partial charge in [0.2, 0.25) is 0 Å². The van der Waals surface area contributed by atoms with Crippen molar-refractivity contribution in [3.63, 3.8) is 0 Å². The fourth-order valence-corrected chi connectivity index (χ4v) is 2.29. The normalized spacial score (nSPS) is 30.2. The van der Waals surface area contributed by atoms with Crippen molar-refractivity contribution in [2.75, 3.05) is 0 Å². The molecule has 1 aliphatic rings. The molecule has 1 aliphatic carbocycles. The molecule has 2 atom stereocenters. The second-order valence-electron chi connectivity index (χ2n) is 4.49. The third kappa shape index (κ3) is 2.85. The van der Waals surface area contributed by atoms with Gasteiger partial charge in [-0.1, -0.05) is 26.7 Å². The second kappa shape index (κ2) is 4.50. The van der Waals surface area contributed by atoms with Crippen LogP contribution in [-0.4, -0.2) is 0 Å². The van der Waals surface area contributed by atoms with Crippen LogP contribution in [0, 0.1) is 29.1 Å². The van der Waals surface area contributed by atoms with Gasteiger partial charge in [-0.05, 0) is 31.1 Å². The first kappa shape index (κ1) is 9.58. The van der Waals surface area contributed by atoms with Crippen LogP contribution in [-0.2, 0) is 0 Å². The van der Waals surface area contributed by atoms with Crippen molar-refractivity contribution >= 4 is 0 Å². The molecule has 1 saturated carbocycles. The highest BCUT2D eigenvalue weighted by molar-refractivity contribution is 4.87. The van der Waals surface area contributed by atoms with Crippen molar-refractivity contribution < 1.29 is 0 Å². The summed E-state index contributed by atoms with van der Waals surface area (Å²) in [6.07, 6.45) is 6.25. The lowest BCUT2D eigenvalue weighted by Gasteiger charge is -2.26. The zero-order chi connectivity index (χ0) is 8.97. The van der Waals surface area contributed by atoms with E-state index in [2.05, 4.69) is 19.9 Å². The maximum atomic E-state index is 8.79. The van der Waals surface area contributed by atoms with Gasteiger partial charge < -0.3 is 0 Å². The number of nitriles is 1. The van der Waals surface area contributed by atoms with Crippen LogP contribution in [0.25, 0.3) is 0 Å². The van der Waals surface area contributed by atoms with E-state index in [1.54, 1.807) is 0 Å². The molecular weight excluding hydrogens is 146 g/mol. The van der Waals surface area contributed by atoms with Crippen LogP contribution >= 0.6 is 0 Å². The Balaban J connectivity index is 2.32. The van der Waals surface area contributed by atoms with Crippen LogP contribution in [0.5, 0.6) is 0 Å². The Labute approximate surface area is 75.8 Å². The van der Waals surface area contributed by atoms with Crippen molar-refractivity contribution in [3.8, 4) is 6.07 Å². The van der Waals surface area contributed by atoms with Gasteiger partial charge in [-0.2, -0.15) is 5.26 Å². The van der Waals surface area contributed by atoms with E-state index in [0.29, 0.717) is 5.92 Å². The Hall–Kier alpha value is -0.510. The number of hydrogen-bond acceptors (Lipinski definition) is 1. The van der Waals surface area contributed by atoms with Gasteiger partial charge in [0, 0.05) is 5.92 Å². The van der Waals surface area contributed by atoms with E-state index in [-0.39, 0.29) is 0 Å². The Morgan fingerprint density at radius 3 is 2.75 bits per heavy atom. The molecule has 2 unspecified atom stereocenters. The summed E-state index contributed by atoms with van der Waals surface area (Å²) in [6, 6.07) is 2.41. The number of hydrogen-bond donors (Lipinski definition) is 0. The smallest absolute Gasteiger partial charge is 0.0655 e. The van der Waals surface area contributed by atoms with E-state index in [1.807, 2.05) is 0 Å². The zero-order valence-electron chi connectivity index (χ0n) is 8.21. The lowest BCUT2D eigenvalue weighted by atomic mass is 9.78. The van der Waals surface area contributed by atoms with Crippen molar-refractivity contribution in [1.29, 1.82) is 5.26 Å². The molecule has 1 fully saturated rings. The van der Waals surface area contributed by atoms with Gasteiger partial charge in [0.15, 0.2) is 0 Å². The van der Waals surface area contributed by atoms with E-state index >= 15 is 0 Å². The van der Waals surface area contributed by atoms with Crippen LogP contribution in [0.2, 0.25) is 0 Å². The van der Waals surface area contributed by atoms with E-state index in [9.17, 15) is 0 Å². The summed E-state index contributed by atoms with van der Waals surface area (Å²) in [5.41, 5.74) is 0. The topological polar surface area (TPSA) is 23.8 Å². The molecular formula is C11H19N. The molecule has 1 heteroatoms. The summed E-state index contributed by atoms with van der Waals surface area (Å²) in [6.45, 7) is 4.55. The predicted molar refractivity (Wildman–Crippen MR) is 50.5 cm³/mol. The van der Waals surface area contributed by atoms with E-state index in [1.165, 1.54) is 19.3 Å². The van der Waals surface area contributed by atoms with Gasteiger partial charge in [0.05, 0.1) is 6.07 Å². The predicted octanol–water partition coefficient (Wildman–Crippen LogP) is 3.36. The van der Waals surface area contributed by atoms with Gasteiger partial charge in [0.1, 0.15) is 0 Å². The first-order valence-corrected chi connectivity index (χ1v) is 5.12. The maximum absolute atomic E-state index is 8.79. The first-order valence-electron chi connectivity index (χ1n) is 5.12. The van der Waals surface area contributed by atoms with Gasteiger partial charge in [-0.15, -0.1) is 0 Å². The van der Waals surface area contributed by atoms with Crippen molar-refractivity contribution in [2.24, 2.45) is 17.8 Å². The van der Waals surface area contributed by atoms with Gasteiger partial charge in [-0.25, -0.2) is 0 Å². The average molecular weight is 165 g/mol. The molecule has 0 aromatic heterocycles. The third-order valence-corrected chi connectivity index (χ3v) is 2.77. The maximum Gasteiger partial charge on any atom is 0.0655 e. The fraction of sp³-hybridized carbons (Fsp3) is 0.909. The molecule has 0 aliphatic heterocycles. The highest BCUT2D eigenvalue weighted by Gasteiger charge is 2.21. The molecule has 0 aromatic rings. The Kier molecular flexibility index (Phi) is 3.59. The Morgan fingerprint density at radius 1 is 1.42 bits per heavy atom. The van der Waals surface area contributed by atoms with Crippen LogP contribution in [0.4, 0.5) is 0 Å². The lowest BCUT2D eigenvalue weighted by Crippen LogP contribution is -2.15. The van der Waals surface area contributed by atoms with Gasteiger partial charge in [0.25, 0.3) is 0 Å². The SMILES string of the molecule is CC(C)CC1CCCC(C#N)C1. The van der Waals surface area contributed by atoms with Crippen molar-refractivity contribution in [2.45, 2.75) is 46.0 Å². The van der Waals surface area contributed by atoms with Crippen molar-refractivity contribution in [1.82, 2.24) is 0 Å². The van der Waals surface area contributed by atoms with Crippen LogP contribution in [0.3, 0.4) is 0 Å². The molecule has 0 saturated heterocycles. The molecule has 1 rings (SSSR count). The summed E-state index contributed by atoms with van der Waals surface area (Å²) >= 11 is 0. The molecule has 0 N–H and O–H groups in total. The summed E-state index contributed by atoms with van der Waals surface area (Å²) in [5.74, 6) is 2.00. The quantitative estimate of drug-likeness (QED) is 0.615. The zero-order valence-corrected chi connectivity index (χ0v) is 8.21. The van der Waals surface area contributed by atoms with Crippen LogP contribution in [0.1, 0.15) is 46.0 Å². The molecule has 0 spiro atoms. The highest BCUT2D eigenvalue weighted by atomic mass is 14.3. The molecule has 68 valence electrons. The largest absolute Gasteiger partial charge is 0.198 e. The Morgan fingerprint density at radius 2 is 2.17 bits per heavy atom. The molecule has 0 radical (unpaired) electrons. The molecule has 0 heterocycles. The van der Waals surface area contributed by atoms with Gasteiger partial charge >= 0.3 is 0 Å². The summed E-state index contributed by atoms with van der Waals surface area (Å²) in [5, 5.41) is 8.79. The number of nitrogens with zero attached hydrogens (tertiary/aromatic N) is 1. The van der Waals surface area contributed by atoms with Gasteiger partial charge in [-0.3, -0.25) is 0 Å². The minimum atomic E-state index is 0.363. The van der Waals surface area contributed by atoms with E-state index < -0.39 is 0 Å². The lowest BCUT2D eigenvalue weighted by molar-refractivity contribution is 0.269. The molecule has 12 heavy (non-hydrogen) atoms. The molecule has 0 aromatic carbocycles. The first-order chi connectivity index (χ1) is 5.72. The van der Waals surface area contributed by atoms with E-state index in [4.69, 9.17) is 5.26 Å². The van der Waals surface area contributed by atoms with Crippen LogP contribution < -0.4 is 0 Å². The fourth-order valence-electron chi connectivity index (χ4n) is 2.29. The minimum Gasteiger partial charge on any atom is -0.198 e. The molecule has 0 amide bonds. The summed E-state index contributed by atoms with van der Waals surface area (Å²) in [7, 11) is 0. The molecule has 0 bridgehead atoms. The summed E-state index contributed by atoms with van der Waals surface area (Å²) < 4.78 is 0.